The van der Waals surface area contributed by atoms with Crippen LogP contribution in [-0.4, -0.2) is 73.1 Å². The van der Waals surface area contributed by atoms with Crippen LogP contribution >= 0.6 is 0 Å². The second kappa shape index (κ2) is 11.7. The van der Waals surface area contributed by atoms with E-state index in [9.17, 15) is 4.79 Å². The van der Waals surface area contributed by atoms with Crippen molar-refractivity contribution in [2.45, 2.75) is 20.0 Å². The predicted molar refractivity (Wildman–Crippen MR) is 117 cm³/mol. The number of esters is 1. The van der Waals surface area contributed by atoms with Gasteiger partial charge in [0.15, 0.2) is 0 Å². The molecular formula is C24H33N3O2. The standard InChI is InChI=1S/C24H33N3O2/c1-2-29-24(28)21-27-17-15-25(19-22-9-5-3-6-10-22)13-14-26(16-18-27)20-23-11-7-4-8-12-23/h3-12H,2,13-21H2,1H3. The second-order valence-corrected chi connectivity index (χ2v) is 7.60. The molecule has 1 aliphatic heterocycles. The summed E-state index contributed by atoms with van der Waals surface area (Å²) >= 11 is 0. The fourth-order valence-electron chi connectivity index (χ4n) is 3.73. The van der Waals surface area contributed by atoms with Gasteiger partial charge in [0.25, 0.3) is 0 Å². The Morgan fingerprint density at radius 1 is 0.724 bits per heavy atom. The second-order valence-electron chi connectivity index (χ2n) is 7.60. The molecule has 5 nitrogen and oxygen atoms in total. The summed E-state index contributed by atoms with van der Waals surface area (Å²) < 4.78 is 5.19. The quantitative estimate of drug-likeness (QED) is 0.674. The van der Waals surface area contributed by atoms with Gasteiger partial charge in [0.2, 0.25) is 0 Å². The zero-order chi connectivity index (χ0) is 20.3. The van der Waals surface area contributed by atoms with Crippen LogP contribution in [0.1, 0.15) is 18.1 Å². The molecule has 2 aromatic rings. The van der Waals surface area contributed by atoms with Crippen molar-refractivity contribution in [3.05, 3.63) is 71.8 Å². The summed E-state index contributed by atoms with van der Waals surface area (Å²) in [5, 5.41) is 0. The lowest BCUT2D eigenvalue weighted by Crippen LogP contribution is -2.39. The van der Waals surface area contributed by atoms with Gasteiger partial charge in [-0.2, -0.15) is 0 Å². The molecule has 0 saturated carbocycles. The van der Waals surface area contributed by atoms with E-state index in [2.05, 4.69) is 75.4 Å². The number of benzene rings is 2. The van der Waals surface area contributed by atoms with Crippen LogP contribution in [-0.2, 0) is 22.6 Å². The fraction of sp³-hybridized carbons (Fsp3) is 0.458. The number of rotatable bonds is 7. The van der Waals surface area contributed by atoms with Gasteiger partial charge in [-0.1, -0.05) is 60.7 Å². The molecule has 0 N–H and O–H groups in total. The minimum Gasteiger partial charge on any atom is -0.465 e. The summed E-state index contributed by atoms with van der Waals surface area (Å²) in [4.78, 5) is 19.3. The van der Waals surface area contributed by atoms with E-state index in [1.54, 1.807) is 0 Å². The molecule has 0 unspecified atom stereocenters. The first-order valence-corrected chi connectivity index (χ1v) is 10.6. The maximum atomic E-state index is 12.0. The summed E-state index contributed by atoms with van der Waals surface area (Å²) in [6.07, 6.45) is 0. The first-order chi connectivity index (χ1) is 14.2. The maximum absolute atomic E-state index is 12.0. The Kier molecular flexibility index (Phi) is 8.68. The van der Waals surface area contributed by atoms with Gasteiger partial charge in [0.1, 0.15) is 0 Å². The highest BCUT2D eigenvalue weighted by molar-refractivity contribution is 5.71. The zero-order valence-corrected chi connectivity index (χ0v) is 17.5. The highest BCUT2D eigenvalue weighted by Crippen LogP contribution is 2.10. The van der Waals surface area contributed by atoms with Crippen LogP contribution in [0.5, 0.6) is 0 Å². The van der Waals surface area contributed by atoms with Gasteiger partial charge in [-0.25, -0.2) is 0 Å². The van der Waals surface area contributed by atoms with Crippen molar-refractivity contribution in [3.63, 3.8) is 0 Å². The van der Waals surface area contributed by atoms with Gasteiger partial charge in [-0.3, -0.25) is 19.5 Å². The van der Waals surface area contributed by atoms with E-state index >= 15 is 0 Å². The number of carbonyl (C=O) groups is 1. The fourth-order valence-corrected chi connectivity index (χ4v) is 3.73. The average Bonchev–Trinajstić information content (AvgIpc) is 2.82. The molecule has 1 saturated heterocycles. The molecule has 0 atom stereocenters. The topological polar surface area (TPSA) is 36.0 Å². The molecule has 0 aliphatic carbocycles. The number of nitrogens with zero attached hydrogens (tertiary/aromatic N) is 3. The van der Waals surface area contributed by atoms with Gasteiger partial charge in [-0.05, 0) is 18.1 Å². The van der Waals surface area contributed by atoms with Crippen LogP contribution in [0, 0.1) is 0 Å². The normalized spacial score (nSPS) is 17.3. The Labute approximate surface area is 174 Å². The molecule has 1 heterocycles. The van der Waals surface area contributed by atoms with Gasteiger partial charge in [-0.15, -0.1) is 0 Å². The minimum absolute atomic E-state index is 0.129. The summed E-state index contributed by atoms with van der Waals surface area (Å²) in [6, 6.07) is 21.3. The molecule has 2 aromatic carbocycles. The third-order valence-electron chi connectivity index (χ3n) is 5.35. The van der Waals surface area contributed by atoms with Crippen LogP contribution in [0.15, 0.2) is 60.7 Å². The molecule has 1 fully saturated rings. The highest BCUT2D eigenvalue weighted by Gasteiger charge is 2.19. The lowest BCUT2D eigenvalue weighted by Gasteiger charge is -2.26. The minimum atomic E-state index is -0.129. The molecular weight excluding hydrogens is 362 g/mol. The number of ether oxygens (including phenoxy) is 1. The van der Waals surface area contributed by atoms with Gasteiger partial charge >= 0.3 is 5.97 Å². The van der Waals surface area contributed by atoms with Crippen LogP contribution < -0.4 is 0 Å². The lowest BCUT2D eigenvalue weighted by atomic mass is 10.2. The molecule has 5 heteroatoms. The van der Waals surface area contributed by atoms with E-state index in [0.29, 0.717) is 13.2 Å². The molecule has 1 aliphatic rings. The Morgan fingerprint density at radius 2 is 1.14 bits per heavy atom. The number of hydrogen-bond acceptors (Lipinski definition) is 5. The SMILES string of the molecule is CCOC(=O)CN1CCN(Cc2ccccc2)CCN(Cc2ccccc2)CC1. The van der Waals surface area contributed by atoms with E-state index in [1.807, 2.05) is 6.92 Å². The summed E-state index contributed by atoms with van der Waals surface area (Å²) in [6.45, 7) is 10.2. The van der Waals surface area contributed by atoms with Crippen molar-refractivity contribution in [2.24, 2.45) is 0 Å². The Morgan fingerprint density at radius 3 is 1.55 bits per heavy atom. The van der Waals surface area contributed by atoms with E-state index in [0.717, 1.165) is 52.4 Å². The van der Waals surface area contributed by atoms with E-state index < -0.39 is 0 Å². The van der Waals surface area contributed by atoms with Crippen LogP contribution in [0.3, 0.4) is 0 Å². The van der Waals surface area contributed by atoms with Crippen molar-refractivity contribution >= 4 is 5.97 Å². The Bertz CT molecular complexity index is 670. The smallest absolute Gasteiger partial charge is 0.320 e. The molecule has 29 heavy (non-hydrogen) atoms. The largest absolute Gasteiger partial charge is 0.465 e. The van der Waals surface area contributed by atoms with Crippen LogP contribution in [0.2, 0.25) is 0 Å². The molecule has 0 amide bonds. The maximum Gasteiger partial charge on any atom is 0.320 e. The van der Waals surface area contributed by atoms with Crippen molar-refractivity contribution in [1.82, 2.24) is 14.7 Å². The molecule has 0 bridgehead atoms. The highest BCUT2D eigenvalue weighted by atomic mass is 16.5. The monoisotopic (exact) mass is 395 g/mol. The van der Waals surface area contributed by atoms with Gasteiger partial charge in [0.05, 0.1) is 13.2 Å². The van der Waals surface area contributed by atoms with Gasteiger partial charge in [0, 0.05) is 52.4 Å². The summed E-state index contributed by atoms with van der Waals surface area (Å²) in [5.41, 5.74) is 2.66. The van der Waals surface area contributed by atoms with Crippen molar-refractivity contribution in [3.8, 4) is 0 Å². The molecule has 0 aromatic heterocycles. The summed E-state index contributed by atoms with van der Waals surface area (Å²) in [5.74, 6) is -0.129. The van der Waals surface area contributed by atoms with Crippen molar-refractivity contribution in [1.29, 1.82) is 0 Å². The number of hydrogen-bond donors (Lipinski definition) is 0. The van der Waals surface area contributed by atoms with E-state index in [1.165, 1.54) is 11.1 Å². The van der Waals surface area contributed by atoms with Crippen LogP contribution in [0.25, 0.3) is 0 Å². The first-order valence-electron chi connectivity index (χ1n) is 10.6. The van der Waals surface area contributed by atoms with Crippen LogP contribution in [0.4, 0.5) is 0 Å². The average molecular weight is 396 g/mol. The summed E-state index contributed by atoms with van der Waals surface area (Å²) in [7, 11) is 0. The van der Waals surface area contributed by atoms with Crippen molar-refractivity contribution < 1.29 is 9.53 Å². The van der Waals surface area contributed by atoms with E-state index in [-0.39, 0.29) is 5.97 Å². The third-order valence-corrected chi connectivity index (χ3v) is 5.35. The van der Waals surface area contributed by atoms with Gasteiger partial charge < -0.3 is 4.74 Å². The Balaban J connectivity index is 1.66. The molecule has 3 rings (SSSR count). The lowest BCUT2D eigenvalue weighted by molar-refractivity contribution is -0.144. The predicted octanol–water partition coefficient (Wildman–Crippen LogP) is 2.87. The number of carbonyl (C=O) groups excluding carboxylic acids is 1. The Hall–Kier alpha value is -2.21. The first kappa shape index (κ1) is 21.5. The zero-order valence-electron chi connectivity index (χ0n) is 17.5. The van der Waals surface area contributed by atoms with E-state index in [4.69, 9.17) is 4.74 Å². The van der Waals surface area contributed by atoms with Crippen molar-refractivity contribution in [2.75, 3.05) is 52.4 Å². The molecule has 0 spiro atoms. The molecule has 156 valence electrons. The molecule has 0 radical (unpaired) electrons. The third kappa shape index (κ3) is 7.61.